The molecule has 1 atom stereocenters. The van der Waals surface area contributed by atoms with Crippen molar-refractivity contribution < 1.29 is 5.11 Å². The van der Waals surface area contributed by atoms with Crippen LogP contribution in [-0.4, -0.2) is 48.9 Å². The quantitative estimate of drug-likeness (QED) is 0.493. The van der Waals surface area contributed by atoms with Crippen LogP contribution in [0.15, 0.2) is 0 Å². The second kappa shape index (κ2) is 12.2. The number of hydrogen-bond acceptors (Lipinski definition) is 1. The molecular weight excluding hydrogens is 176 g/mol. The molecule has 1 nitrogen and oxygen atoms in total. The Balaban J connectivity index is 0. The van der Waals surface area contributed by atoms with E-state index in [1.54, 1.807) is 0 Å². The average molecular weight is 200 g/mol. The van der Waals surface area contributed by atoms with Crippen LogP contribution in [0.4, 0.5) is 0 Å². The SMILES string of the molecule is CCCCCCCCC(C)O.[CaH2]. The molecule has 0 fully saturated rings. The van der Waals surface area contributed by atoms with Crippen LogP contribution in [0.5, 0.6) is 0 Å². The van der Waals surface area contributed by atoms with Gasteiger partial charge in [-0.1, -0.05) is 45.4 Å². The maximum absolute atomic E-state index is 8.96. The summed E-state index contributed by atoms with van der Waals surface area (Å²) in [6.45, 7) is 4.10. The van der Waals surface area contributed by atoms with Crippen molar-refractivity contribution in [2.45, 2.75) is 64.9 Å². The zero-order valence-electron chi connectivity index (χ0n) is 7.97. The van der Waals surface area contributed by atoms with Gasteiger partial charge in [0, 0.05) is 0 Å². The standard InChI is InChI=1S/C10H22O.Ca.2H/c1-3-4-5-6-7-8-9-10(2)11;;;/h10-11H,3-9H2,1-2H3;;;. The summed E-state index contributed by atoms with van der Waals surface area (Å²) in [5, 5.41) is 8.96. The van der Waals surface area contributed by atoms with Gasteiger partial charge < -0.3 is 5.11 Å². The van der Waals surface area contributed by atoms with Gasteiger partial charge in [-0.2, -0.15) is 0 Å². The first kappa shape index (κ1) is 15.7. The Hall–Kier alpha value is 1.22. The molecule has 0 heterocycles. The fourth-order valence-corrected chi connectivity index (χ4v) is 1.22. The van der Waals surface area contributed by atoms with Crippen molar-refractivity contribution in [3.8, 4) is 0 Å². The maximum atomic E-state index is 8.96. The molecule has 0 aromatic carbocycles. The molecule has 0 aliphatic rings. The van der Waals surface area contributed by atoms with E-state index in [9.17, 15) is 0 Å². The molecule has 0 aliphatic heterocycles. The Kier molecular flexibility index (Phi) is 16.0. The topological polar surface area (TPSA) is 20.2 Å². The Morgan fingerprint density at radius 1 is 1.00 bits per heavy atom. The second-order valence-corrected chi connectivity index (χ2v) is 3.41. The van der Waals surface area contributed by atoms with Crippen LogP contribution in [0.25, 0.3) is 0 Å². The van der Waals surface area contributed by atoms with Crippen molar-refractivity contribution in [1.29, 1.82) is 0 Å². The van der Waals surface area contributed by atoms with Gasteiger partial charge in [-0.15, -0.1) is 0 Å². The first-order valence-electron chi connectivity index (χ1n) is 4.95. The van der Waals surface area contributed by atoms with Crippen molar-refractivity contribution >= 4 is 37.7 Å². The van der Waals surface area contributed by atoms with Crippen molar-refractivity contribution in [3.05, 3.63) is 0 Å². The molecule has 0 aromatic rings. The van der Waals surface area contributed by atoms with Crippen LogP contribution in [0.1, 0.15) is 58.8 Å². The van der Waals surface area contributed by atoms with E-state index in [4.69, 9.17) is 5.11 Å². The Bertz CT molecular complexity index is 74.2. The summed E-state index contributed by atoms with van der Waals surface area (Å²) in [7, 11) is 0. The molecule has 1 N–H and O–H groups in total. The summed E-state index contributed by atoms with van der Waals surface area (Å²) in [5.74, 6) is 0. The van der Waals surface area contributed by atoms with Crippen molar-refractivity contribution in [2.24, 2.45) is 0 Å². The number of unbranched alkanes of at least 4 members (excludes halogenated alkanes) is 5. The summed E-state index contributed by atoms with van der Waals surface area (Å²) >= 11 is 0. The van der Waals surface area contributed by atoms with Crippen LogP contribution >= 0.6 is 0 Å². The molecule has 0 saturated heterocycles. The van der Waals surface area contributed by atoms with Gasteiger partial charge in [-0.3, -0.25) is 0 Å². The molecule has 1 unspecified atom stereocenters. The van der Waals surface area contributed by atoms with Gasteiger partial charge in [-0.05, 0) is 13.3 Å². The van der Waals surface area contributed by atoms with Crippen LogP contribution < -0.4 is 0 Å². The fraction of sp³-hybridized carbons (Fsp3) is 1.00. The van der Waals surface area contributed by atoms with E-state index in [1.165, 1.54) is 38.5 Å². The third-order valence-electron chi connectivity index (χ3n) is 1.98. The molecule has 2 heteroatoms. The number of aliphatic hydroxyl groups is 1. The monoisotopic (exact) mass is 200 g/mol. The van der Waals surface area contributed by atoms with E-state index < -0.39 is 0 Å². The van der Waals surface area contributed by atoms with E-state index in [0.29, 0.717) is 0 Å². The van der Waals surface area contributed by atoms with E-state index in [-0.39, 0.29) is 43.8 Å². The summed E-state index contributed by atoms with van der Waals surface area (Å²) in [5.41, 5.74) is 0. The molecule has 0 spiro atoms. The summed E-state index contributed by atoms with van der Waals surface area (Å²) in [6.07, 6.45) is 8.78. The predicted octanol–water partition coefficient (Wildman–Crippen LogP) is 2.20. The molecule has 72 valence electrons. The first-order valence-corrected chi connectivity index (χ1v) is 4.95. The Morgan fingerprint density at radius 2 is 1.50 bits per heavy atom. The van der Waals surface area contributed by atoms with Gasteiger partial charge in [0.1, 0.15) is 0 Å². The van der Waals surface area contributed by atoms with Crippen molar-refractivity contribution in [2.75, 3.05) is 0 Å². The summed E-state index contributed by atoms with van der Waals surface area (Å²) in [4.78, 5) is 0. The minimum atomic E-state index is -0.0961. The fourth-order valence-electron chi connectivity index (χ4n) is 1.22. The van der Waals surface area contributed by atoms with E-state index in [1.807, 2.05) is 6.92 Å². The van der Waals surface area contributed by atoms with Gasteiger partial charge >= 0.3 is 37.7 Å². The molecule has 0 radical (unpaired) electrons. The molecule has 12 heavy (non-hydrogen) atoms. The molecule has 0 amide bonds. The van der Waals surface area contributed by atoms with Gasteiger partial charge in [0.05, 0.1) is 6.10 Å². The predicted molar refractivity (Wildman–Crippen MR) is 58.2 cm³/mol. The summed E-state index contributed by atoms with van der Waals surface area (Å²) < 4.78 is 0. The third-order valence-corrected chi connectivity index (χ3v) is 1.98. The Morgan fingerprint density at radius 3 is 2.00 bits per heavy atom. The van der Waals surface area contributed by atoms with Gasteiger partial charge in [-0.25, -0.2) is 0 Å². The summed E-state index contributed by atoms with van der Waals surface area (Å²) in [6, 6.07) is 0. The third kappa shape index (κ3) is 13.8. The van der Waals surface area contributed by atoms with Crippen LogP contribution in [0, 0.1) is 0 Å². The van der Waals surface area contributed by atoms with Gasteiger partial charge in [0.2, 0.25) is 0 Å². The van der Waals surface area contributed by atoms with Crippen molar-refractivity contribution in [1.82, 2.24) is 0 Å². The number of hydrogen-bond donors (Lipinski definition) is 1. The molecule has 0 rings (SSSR count). The van der Waals surface area contributed by atoms with E-state index >= 15 is 0 Å². The molecule has 0 aliphatic carbocycles. The Labute approximate surface area is 107 Å². The molecular formula is C10H24CaO. The first-order chi connectivity index (χ1) is 5.27. The molecule has 0 aromatic heterocycles. The number of aliphatic hydroxyl groups excluding tert-OH is 1. The molecule has 0 bridgehead atoms. The van der Waals surface area contributed by atoms with Crippen molar-refractivity contribution in [3.63, 3.8) is 0 Å². The van der Waals surface area contributed by atoms with E-state index in [2.05, 4.69) is 6.92 Å². The minimum absolute atomic E-state index is 0. The van der Waals surface area contributed by atoms with Crippen LogP contribution in [0.3, 0.4) is 0 Å². The zero-order valence-corrected chi connectivity index (χ0v) is 7.97. The normalized spacial score (nSPS) is 12.2. The van der Waals surface area contributed by atoms with Gasteiger partial charge in [0.25, 0.3) is 0 Å². The van der Waals surface area contributed by atoms with E-state index in [0.717, 1.165) is 6.42 Å². The van der Waals surface area contributed by atoms with Crippen LogP contribution in [-0.2, 0) is 0 Å². The average Bonchev–Trinajstić information content (AvgIpc) is 1.96. The number of rotatable bonds is 7. The second-order valence-electron chi connectivity index (χ2n) is 3.41. The van der Waals surface area contributed by atoms with Crippen LogP contribution in [0.2, 0.25) is 0 Å². The zero-order chi connectivity index (χ0) is 8.53. The molecule has 0 saturated carbocycles. The van der Waals surface area contributed by atoms with Gasteiger partial charge in [0.15, 0.2) is 0 Å².